The quantitative estimate of drug-likeness (QED) is 0.869. The lowest BCUT2D eigenvalue weighted by Gasteiger charge is -2.11. The standard InChI is InChI=1S/C16H20N2O3/c1-9-3-6-14(21-2)13(7-9)18-16(20)12-8-11(12)15(19)17-10-4-5-10/h3,6-7,10-12H,4-5,8H2,1-2H3,(H,17,19)(H,18,20). The molecule has 2 saturated carbocycles. The summed E-state index contributed by atoms with van der Waals surface area (Å²) in [5, 5.41) is 5.83. The van der Waals surface area contributed by atoms with E-state index in [2.05, 4.69) is 10.6 Å². The number of carbonyl (C=O) groups excluding carboxylic acids is 2. The molecule has 5 nitrogen and oxygen atoms in total. The van der Waals surface area contributed by atoms with Gasteiger partial charge in [0, 0.05) is 6.04 Å². The van der Waals surface area contributed by atoms with Crippen LogP contribution in [-0.4, -0.2) is 25.0 Å². The normalized spacial score (nSPS) is 23.3. The summed E-state index contributed by atoms with van der Waals surface area (Å²) in [6, 6.07) is 5.98. The van der Waals surface area contributed by atoms with E-state index in [0.29, 0.717) is 23.9 Å². The van der Waals surface area contributed by atoms with Crippen LogP contribution in [0.15, 0.2) is 18.2 Å². The van der Waals surface area contributed by atoms with Gasteiger partial charge in [-0.1, -0.05) is 6.07 Å². The highest BCUT2D eigenvalue weighted by Gasteiger charge is 2.49. The van der Waals surface area contributed by atoms with Gasteiger partial charge in [-0.3, -0.25) is 9.59 Å². The SMILES string of the molecule is COc1ccc(C)cc1NC(=O)C1CC1C(=O)NC1CC1. The number of anilines is 1. The van der Waals surface area contributed by atoms with Crippen LogP contribution in [0.1, 0.15) is 24.8 Å². The van der Waals surface area contributed by atoms with Gasteiger partial charge in [0.2, 0.25) is 11.8 Å². The van der Waals surface area contributed by atoms with Crippen LogP contribution in [0.4, 0.5) is 5.69 Å². The third-order valence-corrected chi connectivity index (χ3v) is 4.00. The van der Waals surface area contributed by atoms with Crippen LogP contribution in [0.5, 0.6) is 5.75 Å². The van der Waals surface area contributed by atoms with Gasteiger partial charge in [-0.15, -0.1) is 0 Å². The zero-order valence-corrected chi connectivity index (χ0v) is 12.3. The predicted molar refractivity (Wildman–Crippen MR) is 79.1 cm³/mol. The van der Waals surface area contributed by atoms with Gasteiger partial charge < -0.3 is 15.4 Å². The van der Waals surface area contributed by atoms with Crippen LogP contribution in [0, 0.1) is 18.8 Å². The number of benzene rings is 1. The van der Waals surface area contributed by atoms with E-state index in [-0.39, 0.29) is 23.7 Å². The first-order valence-corrected chi connectivity index (χ1v) is 7.34. The molecule has 5 heteroatoms. The van der Waals surface area contributed by atoms with Gasteiger partial charge in [0.25, 0.3) is 0 Å². The fourth-order valence-electron chi connectivity index (χ4n) is 2.46. The average Bonchev–Trinajstić information content (AvgIpc) is 3.33. The minimum absolute atomic E-state index is 0.0221. The Kier molecular flexibility index (Phi) is 3.57. The predicted octanol–water partition coefficient (Wildman–Crippen LogP) is 1.86. The molecule has 21 heavy (non-hydrogen) atoms. The van der Waals surface area contributed by atoms with E-state index in [4.69, 9.17) is 4.74 Å². The summed E-state index contributed by atoms with van der Waals surface area (Å²) in [5.41, 5.74) is 1.71. The van der Waals surface area contributed by atoms with Crippen LogP contribution in [0.2, 0.25) is 0 Å². The maximum Gasteiger partial charge on any atom is 0.228 e. The van der Waals surface area contributed by atoms with Gasteiger partial charge in [-0.05, 0) is 43.9 Å². The first-order valence-electron chi connectivity index (χ1n) is 7.34. The smallest absolute Gasteiger partial charge is 0.228 e. The van der Waals surface area contributed by atoms with Crippen LogP contribution in [-0.2, 0) is 9.59 Å². The molecule has 0 aromatic heterocycles. The van der Waals surface area contributed by atoms with Crippen molar-refractivity contribution in [2.24, 2.45) is 11.8 Å². The fourth-order valence-corrected chi connectivity index (χ4v) is 2.46. The summed E-state index contributed by atoms with van der Waals surface area (Å²) < 4.78 is 5.24. The Labute approximate surface area is 124 Å². The Hall–Kier alpha value is -2.04. The van der Waals surface area contributed by atoms with E-state index in [1.54, 1.807) is 7.11 Å². The topological polar surface area (TPSA) is 67.4 Å². The second-order valence-corrected chi connectivity index (χ2v) is 5.92. The Morgan fingerprint density at radius 1 is 1.19 bits per heavy atom. The Morgan fingerprint density at radius 2 is 1.90 bits per heavy atom. The number of nitrogens with one attached hydrogen (secondary N) is 2. The minimum atomic E-state index is -0.214. The average molecular weight is 288 g/mol. The molecule has 2 N–H and O–H groups in total. The van der Waals surface area contributed by atoms with Gasteiger partial charge in [0.05, 0.1) is 24.6 Å². The number of amides is 2. The van der Waals surface area contributed by atoms with Crippen LogP contribution < -0.4 is 15.4 Å². The molecule has 1 aromatic carbocycles. The molecule has 0 radical (unpaired) electrons. The molecule has 2 aliphatic carbocycles. The number of methoxy groups -OCH3 is 1. The summed E-state index contributed by atoms with van der Waals surface area (Å²) in [6.45, 7) is 1.96. The number of ether oxygens (including phenoxy) is 1. The lowest BCUT2D eigenvalue weighted by molar-refractivity contribution is -0.125. The van der Waals surface area contributed by atoms with Gasteiger partial charge >= 0.3 is 0 Å². The third kappa shape index (κ3) is 3.17. The molecular weight excluding hydrogens is 268 g/mol. The van der Waals surface area contributed by atoms with Crippen molar-refractivity contribution < 1.29 is 14.3 Å². The van der Waals surface area contributed by atoms with Gasteiger partial charge in [-0.2, -0.15) is 0 Å². The Balaban J connectivity index is 1.59. The summed E-state index contributed by atoms with van der Waals surface area (Å²) in [5.74, 6) is 0.174. The molecule has 0 heterocycles. The largest absolute Gasteiger partial charge is 0.495 e. The molecule has 2 fully saturated rings. The van der Waals surface area contributed by atoms with Gasteiger partial charge in [-0.25, -0.2) is 0 Å². The minimum Gasteiger partial charge on any atom is -0.495 e. The van der Waals surface area contributed by atoms with Gasteiger partial charge in [0.1, 0.15) is 5.75 Å². The first kappa shape index (κ1) is 13.9. The number of hydrogen-bond acceptors (Lipinski definition) is 3. The summed E-state index contributed by atoms with van der Waals surface area (Å²) in [6.07, 6.45) is 2.77. The maximum atomic E-state index is 12.2. The first-order chi connectivity index (χ1) is 10.1. The molecule has 2 atom stereocenters. The molecule has 0 spiro atoms. The molecule has 1 aromatic rings. The molecule has 0 bridgehead atoms. The highest BCUT2D eigenvalue weighted by Crippen LogP contribution is 2.40. The highest BCUT2D eigenvalue weighted by molar-refractivity contribution is 6.00. The van der Waals surface area contributed by atoms with E-state index in [1.165, 1.54) is 0 Å². The van der Waals surface area contributed by atoms with Crippen molar-refractivity contribution in [2.45, 2.75) is 32.2 Å². The highest BCUT2D eigenvalue weighted by atomic mass is 16.5. The number of rotatable bonds is 5. The van der Waals surface area contributed by atoms with Gasteiger partial charge in [0.15, 0.2) is 0 Å². The van der Waals surface area contributed by atoms with Crippen LogP contribution in [0.3, 0.4) is 0 Å². The van der Waals surface area contributed by atoms with Crippen molar-refractivity contribution >= 4 is 17.5 Å². The zero-order chi connectivity index (χ0) is 15.0. The van der Waals surface area contributed by atoms with Crippen LogP contribution in [0.25, 0.3) is 0 Å². The molecule has 3 rings (SSSR count). The van der Waals surface area contributed by atoms with Crippen molar-refractivity contribution in [2.75, 3.05) is 12.4 Å². The van der Waals surface area contributed by atoms with Crippen molar-refractivity contribution in [1.82, 2.24) is 5.32 Å². The number of carbonyl (C=O) groups is 2. The second-order valence-electron chi connectivity index (χ2n) is 5.92. The van der Waals surface area contributed by atoms with Crippen molar-refractivity contribution in [1.29, 1.82) is 0 Å². The molecule has 2 unspecified atom stereocenters. The molecule has 0 saturated heterocycles. The molecular formula is C16H20N2O3. The van der Waals surface area contributed by atoms with Crippen molar-refractivity contribution in [3.63, 3.8) is 0 Å². The molecule has 0 aliphatic heterocycles. The lowest BCUT2D eigenvalue weighted by Crippen LogP contribution is -2.29. The molecule has 2 aliphatic rings. The van der Waals surface area contributed by atoms with E-state index in [1.807, 2.05) is 25.1 Å². The summed E-state index contributed by atoms with van der Waals surface area (Å²) in [4.78, 5) is 24.1. The number of aryl methyl sites for hydroxylation is 1. The lowest BCUT2D eigenvalue weighted by atomic mass is 10.2. The Morgan fingerprint density at radius 3 is 2.57 bits per heavy atom. The number of hydrogen-bond donors (Lipinski definition) is 2. The summed E-state index contributed by atoms with van der Waals surface area (Å²) >= 11 is 0. The molecule has 2 amide bonds. The van der Waals surface area contributed by atoms with E-state index in [9.17, 15) is 9.59 Å². The fraction of sp³-hybridized carbons (Fsp3) is 0.500. The third-order valence-electron chi connectivity index (χ3n) is 4.00. The maximum absolute atomic E-state index is 12.2. The van der Waals surface area contributed by atoms with Crippen LogP contribution >= 0.6 is 0 Å². The van der Waals surface area contributed by atoms with E-state index >= 15 is 0 Å². The second kappa shape index (κ2) is 5.39. The van der Waals surface area contributed by atoms with E-state index in [0.717, 1.165) is 18.4 Å². The monoisotopic (exact) mass is 288 g/mol. The van der Waals surface area contributed by atoms with Crippen molar-refractivity contribution in [3.05, 3.63) is 23.8 Å². The summed E-state index contributed by atoms with van der Waals surface area (Å²) in [7, 11) is 1.57. The molecule has 112 valence electrons. The van der Waals surface area contributed by atoms with Crippen molar-refractivity contribution in [3.8, 4) is 5.75 Å². The van der Waals surface area contributed by atoms with E-state index < -0.39 is 0 Å². The zero-order valence-electron chi connectivity index (χ0n) is 12.3. The Bertz CT molecular complexity index is 581.